The van der Waals surface area contributed by atoms with Crippen LogP contribution in [0.2, 0.25) is 10.0 Å². The van der Waals surface area contributed by atoms with Crippen LogP contribution in [0.1, 0.15) is 20.7 Å². The van der Waals surface area contributed by atoms with Gasteiger partial charge in [-0.3, -0.25) is 19.2 Å². The molecule has 8 nitrogen and oxygen atoms in total. The van der Waals surface area contributed by atoms with Crippen LogP contribution >= 0.6 is 23.2 Å². The molecule has 0 atom stereocenters. The van der Waals surface area contributed by atoms with Gasteiger partial charge in [0, 0.05) is 0 Å². The van der Waals surface area contributed by atoms with Crippen LogP contribution in [0.5, 0.6) is 0 Å². The van der Waals surface area contributed by atoms with Crippen molar-refractivity contribution in [2.45, 2.75) is 0 Å². The summed E-state index contributed by atoms with van der Waals surface area (Å²) in [5.74, 6) is -2.80. The van der Waals surface area contributed by atoms with Crippen LogP contribution in [-0.2, 0) is 19.1 Å². The fourth-order valence-electron chi connectivity index (χ4n) is 1.56. The van der Waals surface area contributed by atoms with E-state index >= 15 is 0 Å². The fraction of sp³-hybridized carbons (Fsp3) is 0.286. The molecule has 0 aliphatic rings. The Morgan fingerprint density at radius 1 is 0.833 bits per heavy atom. The predicted molar refractivity (Wildman–Crippen MR) is 85.2 cm³/mol. The summed E-state index contributed by atoms with van der Waals surface area (Å²) < 4.78 is 8.81. The van der Waals surface area contributed by atoms with E-state index in [9.17, 15) is 19.2 Å². The summed E-state index contributed by atoms with van der Waals surface area (Å²) in [5, 5.41) is 4.65. The lowest BCUT2D eigenvalue weighted by Gasteiger charge is -2.11. The molecule has 2 N–H and O–H groups in total. The van der Waals surface area contributed by atoms with Crippen molar-refractivity contribution in [1.29, 1.82) is 0 Å². The van der Waals surface area contributed by atoms with Gasteiger partial charge < -0.3 is 20.1 Å². The molecule has 130 valence electrons. The standard InChI is InChI=1S/C14H14Cl2N2O6/c1-23-11(19)5-17-13(21)7-3-9(15)10(16)4-8(7)14(22)18-6-12(20)24-2/h3-4H,5-6H2,1-2H3,(H,17,21)(H,18,22). The van der Waals surface area contributed by atoms with Gasteiger partial charge in [-0.05, 0) is 12.1 Å². The molecule has 0 aromatic heterocycles. The van der Waals surface area contributed by atoms with Gasteiger partial charge in [-0.25, -0.2) is 0 Å². The summed E-state index contributed by atoms with van der Waals surface area (Å²) in [6, 6.07) is 2.37. The van der Waals surface area contributed by atoms with Crippen molar-refractivity contribution < 1.29 is 28.7 Å². The van der Waals surface area contributed by atoms with Gasteiger partial charge in [0.1, 0.15) is 13.1 Å². The van der Waals surface area contributed by atoms with Crippen LogP contribution in [-0.4, -0.2) is 51.1 Å². The van der Waals surface area contributed by atoms with E-state index in [1.807, 2.05) is 0 Å². The smallest absolute Gasteiger partial charge is 0.325 e. The summed E-state index contributed by atoms with van der Waals surface area (Å²) in [4.78, 5) is 46.5. The third-order valence-electron chi connectivity index (χ3n) is 2.79. The van der Waals surface area contributed by atoms with Gasteiger partial charge in [-0.2, -0.15) is 0 Å². The Morgan fingerprint density at radius 3 is 1.46 bits per heavy atom. The average Bonchev–Trinajstić information content (AvgIpc) is 2.58. The topological polar surface area (TPSA) is 111 Å². The second kappa shape index (κ2) is 9.09. The normalized spacial score (nSPS) is 9.83. The molecular formula is C14H14Cl2N2O6. The fourth-order valence-corrected chi connectivity index (χ4v) is 1.89. The number of nitrogens with one attached hydrogen (secondary N) is 2. The number of carbonyl (C=O) groups excluding carboxylic acids is 4. The van der Waals surface area contributed by atoms with Gasteiger partial charge in [-0.1, -0.05) is 23.2 Å². The Hall–Kier alpha value is -2.32. The SMILES string of the molecule is COC(=O)CNC(=O)c1cc(Cl)c(Cl)cc1C(=O)NCC(=O)OC. The quantitative estimate of drug-likeness (QED) is 0.710. The minimum absolute atomic E-state index is 0.0457. The van der Waals surface area contributed by atoms with Crippen LogP contribution in [0.25, 0.3) is 0 Å². The van der Waals surface area contributed by atoms with E-state index in [-0.39, 0.29) is 21.2 Å². The Bertz CT molecular complexity index is 620. The van der Waals surface area contributed by atoms with Crippen LogP contribution < -0.4 is 10.6 Å². The summed E-state index contributed by atoms with van der Waals surface area (Å²) in [6.45, 7) is -0.780. The monoisotopic (exact) mass is 376 g/mol. The first-order chi connectivity index (χ1) is 11.3. The van der Waals surface area contributed by atoms with Gasteiger partial charge in [0.05, 0.1) is 35.4 Å². The average molecular weight is 377 g/mol. The molecule has 10 heteroatoms. The van der Waals surface area contributed by atoms with E-state index < -0.39 is 36.8 Å². The van der Waals surface area contributed by atoms with Crippen molar-refractivity contribution in [3.63, 3.8) is 0 Å². The number of hydrogen-bond acceptors (Lipinski definition) is 6. The molecule has 2 amide bonds. The zero-order valence-corrected chi connectivity index (χ0v) is 14.3. The molecule has 1 aromatic carbocycles. The van der Waals surface area contributed by atoms with Crippen LogP contribution in [0, 0.1) is 0 Å². The van der Waals surface area contributed by atoms with Gasteiger partial charge in [0.25, 0.3) is 11.8 Å². The summed E-state index contributed by atoms with van der Waals surface area (Å²) in [7, 11) is 2.33. The highest BCUT2D eigenvalue weighted by atomic mass is 35.5. The number of benzene rings is 1. The Balaban J connectivity index is 3.03. The van der Waals surface area contributed by atoms with E-state index in [1.54, 1.807) is 0 Å². The molecule has 0 aliphatic heterocycles. The number of carbonyl (C=O) groups is 4. The molecule has 1 rings (SSSR count). The number of ether oxygens (including phenoxy) is 2. The number of methoxy groups -OCH3 is 2. The van der Waals surface area contributed by atoms with Crippen LogP contribution in [0.3, 0.4) is 0 Å². The Morgan fingerprint density at radius 2 is 1.17 bits per heavy atom. The highest BCUT2D eigenvalue weighted by Gasteiger charge is 2.20. The number of hydrogen-bond donors (Lipinski definition) is 2. The van der Waals surface area contributed by atoms with Gasteiger partial charge >= 0.3 is 11.9 Å². The van der Waals surface area contributed by atoms with Crippen molar-refractivity contribution >= 4 is 47.0 Å². The minimum Gasteiger partial charge on any atom is -0.468 e. The van der Waals surface area contributed by atoms with E-state index in [1.165, 1.54) is 26.4 Å². The molecule has 24 heavy (non-hydrogen) atoms. The van der Waals surface area contributed by atoms with Crippen molar-refractivity contribution in [1.82, 2.24) is 10.6 Å². The largest absolute Gasteiger partial charge is 0.468 e. The molecule has 0 saturated carbocycles. The second-order valence-corrected chi connectivity index (χ2v) is 5.14. The third-order valence-corrected chi connectivity index (χ3v) is 3.51. The molecule has 0 bridgehead atoms. The maximum absolute atomic E-state index is 12.2. The van der Waals surface area contributed by atoms with E-state index in [0.717, 1.165) is 0 Å². The van der Waals surface area contributed by atoms with Crippen LogP contribution in [0.4, 0.5) is 0 Å². The summed E-state index contributed by atoms with van der Waals surface area (Å²) >= 11 is 11.7. The number of esters is 2. The molecule has 0 spiro atoms. The minimum atomic E-state index is -0.734. The first kappa shape index (κ1) is 19.7. The van der Waals surface area contributed by atoms with E-state index in [4.69, 9.17) is 23.2 Å². The lowest BCUT2D eigenvalue weighted by Crippen LogP contribution is -2.34. The number of rotatable bonds is 6. The van der Waals surface area contributed by atoms with E-state index in [0.29, 0.717) is 0 Å². The highest BCUT2D eigenvalue weighted by Crippen LogP contribution is 2.26. The second-order valence-electron chi connectivity index (χ2n) is 4.33. The lowest BCUT2D eigenvalue weighted by atomic mass is 10.1. The van der Waals surface area contributed by atoms with Gasteiger partial charge in [0.15, 0.2) is 0 Å². The molecule has 0 unspecified atom stereocenters. The molecule has 0 aliphatic carbocycles. The van der Waals surface area contributed by atoms with Gasteiger partial charge in [0.2, 0.25) is 0 Å². The molecule has 0 heterocycles. The zero-order valence-electron chi connectivity index (χ0n) is 12.8. The van der Waals surface area contributed by atoms with Crippen molar-refractivity contribution in [3.05, 3.63) is 33.3 Å². The first-order valence-electron chi connectivity index (χ1n) is 6.49. The third kappa shape index (κ3) is 5.39. The molecule has 0 saturated heterocycles. The zero-order chi connectivity index (χ0) is 18.3. The molecular weight excluding hydrogens is 363 g/mol. The first-order valence-corrected chi connectivity index (χ1v) is 7.24. The number of halogens is 2. The van der Waals surface area contributed by atoms with Crippen molar-refractivity contribution in [3.8, 4) is 0 Å². The van der Waals surface area contributed by atoms with Crippen molar-refractivity contribution in [2.24, 2.45) is 0 Å². The predicted octanol–water partition coefficient (Wildman–Crippen LogP) is 0.799. The lowest BCUT2D eigenvalue weighted by molar-refractivity contribution is -0.140. The summed E-state index contributed by atoms with van der Waals surface area (Å²) in [5.41, 5.74) is -0.230. The summed E-state index contributed by atoms with van der Waals surface area (Å²) in [6.07, 6.45) is 0. The van der Waals surface area contributed by atoms with Crippen molar-refractivity contribution in [2.75, 3.05) is 27.3 Å². The molecule has 0 radical (unpaired) electrons. The van der Waals surface area contributed by atoms with Crippen LogP contribution in [0.15, 0.2) is 12.1 Å². The maximum Gasteiger partial charge on any atom is 0.325 e. The number of amides is 2. The van der Waals surface area contributed by atoms with Gasteiger partial charge in [-0.15, -0.1) is 0 Å². The Labute approximate surface area is 147 Å². The molecule has 0 fully saturated rings. The highest BCUT2D eigenvalue weighted by molar-refractivity contribution is 6.42. The Kier molecular flexibility index (Phi) is 7.47. The maximum atomic E-state index is 12.2. The van der Waals surface area contributed by atoms with E-state index in [2.05, 4.69) is 20.1 Å². The molecule has 1 aromatic rings.